The molecule has 1 aromatic heterocycles. The molecule has 0 bridgehead atoms. The number of thiazole rings is 1. The first-order valence-electron chi connectivity index (χ1n) is 7.47. The summed E-state index contributed by atoms with van der Waals surface area (Å²) < 4.78 is 5.19. The van der Waals surface area contributed by atoms with Gasteiger partial charge in [0.2, 0.25) is 0 Å². The van der Waals surface area contributed by atoms with E-state index >= 15 is 0 Å². The zero-order valence-corrected chi connectivity index (χ0v) is 13.6. The number of carbonyl (C=O) groups excluding carboxylic acids is 1. The van der Waals surface area contributed by atoms with Crippen LogP contribution in [0.15, 0.2) is 0 Å². The minimum atomic E-state index is -0.158. The minimum absolute atomic E-state index is 0.114. The van der Waals surface area contributed by atoms with Crippen LogP contribution in [0.25, 0.3) is 0 Å². The van der Waals surface area contributed by atoms with Gasteiger partial charge < -0.3 is 9.64 Å². The van der Waals surface area contributed by atoms with E-state index in [0.29, 0.717) is 12.6 Å². The average Bonchev–Trinajstić information content (AvgIpc) is 2.89. The van der Waals surface area contributed by atoms with E-state index in [2.05, 4.69) is 25.8 Å². The van der Waals surface area contributed by atoms with E-state index in [0.717, 1.165) is 36.5 Å². The highest BCUT2D eigenvalue weighted by molar-refractivity contribution is 7.15. The topological polar surface area (TPSA) is 42.4 Å². The maximum Gasteiger partial charge on any atom is 0.315 e. The third kappa shape index (κ3) is 2.97. The van der Waals surface area contributed by atoms with E-state index in [1.54, 1.807) is 11.3 Å². The lowest BCUT2D eigenvalue weighted by Gasteiger charge is -2.22. The van der Waals surface area contributed by atoms with E-state index in [1.165, 1.54) is 4.88 Å². The molecule has 2 rings (SSSR count). The van der Waals surface area contributed by atoms with Gasteiger partial charge in [0.25, 0.3) is 0 Å². The highest BCUT2D eigenvalue weighted by Crippen LogP contribution is 2.38. The second-order valence-corrected chi connectivity index (χ2v) is 6.43. The number of anilines is 1. The average molecular weight is 296 g/mol. The van der Waals surface area contributed by atoms with Gasteiger partial charge in [-0.3, -0.25) is 4.79 Å². The van der Waals surface area contributed by atoms with Crippen molar-refractivity contribution in [1.29, 1.82) is 0 Å². The Morgan fingerprint density at radius 2 is 2.30 bits per heavy atom. The third-order valence-corrected chi connectivity index (χ3v) is 5.29. The van der Waals surface area contributed by atoms with Crippen LogP contribution in [-0.2, 0) is 16.0 Å². The molecule has 0 radical (unpaired) electrons. The summed E-state index contributed by atoms with van der Waals surface area (Å²) in [5.41, 5.74) is 0.963. The fourth-order valence-corrected chi connectivity index (χ4v) is 3.72. The van der Waals surface area contributed by atoms with Crippen LogP contribution in [0.3, 0.4) is 0 Å². The zero-order chi connectivity index (χ0) is 14.7. The van der Waals surface area contributed by atoms with E-state index in [4.69, 9.17) is 9.72 Å². The van der Waals surface area contributed by atoms with Crippen LogP contribution < -0.4 is 4.90 Å². The van der Waals surface area contributed by atoms with E-state index in [-0.39, 0.29) is 11.9 Å². The Morgan fingerprint density at radius 3 is 2.95 bits per heavy atom. The molecule has 0 saturated carbocycles. The molecule has 0 fully saturated rings. The fourth-order valence-electron chi connectivity index (χ4n) is 2.49. The quantitative estimate of drug-likeness (QED) is 0.781. The van der Waals surface area contributed by atoms with E-state index in [1.807, 2.05) is 6.92 Å². The molecule has 1 aromatic rings. The van der Waals surface area contributed by atoms with Crippen LogP contribution in [0.5, 0.6) is 0 Å². The molecule has 0 amide bonds. The molecule has 1 heterocycles. The van der Waals surface area contributed by atoms with Crippen LogP contribution in [0, 0.1) is 0 Å². The molecule has 5 heteroatoms. The van der Waals surface area contributed by atoms with Crippen molar-refractivity contribution in [2.45, 2.75) is 58.4 Å². The van der Waals surface area contributed by atoms with Crippen molar-refractivity contribution in [2.24, 2.45) is 0 Å². The van der Waals surface area contributed by atoms with Gasteiger partial charge in [0.15, 0.2) is 5.13 Å². The van der Waals surface area contributed by atoms with Crippen LogP contribution >= 0.6 is 11.3 Å². The largest absolute Gasteiger partial charge is 0.465 e. The number of carbonyl (C=O) groups is 1. The van der Waals surface area contributed by atoms with Crippen molar-refractivity contribution in [3.63, 3.8) is 0 Å². The molecule has 4 nitrogen and oxygen atoms in total. The molecule has 2 unspecified atom stereocenters. The van der Waals surface area contributed by atoms with Gasteiger partial charge in [-0.1, -0.05) is 6.92 Å². The maximum atomic E-state index is 12.1. The smallest absolute Gasteiger partial charge is 0.315 e. The lowest BCUT2D eigenvalue weighted by molar-refractivity contribution is -0.145. The van der Waals surface area contributed by atoms with Gasteiger partial charge in [0.05, 0.1) is 12.3 Å². The predicted molar refractivity (Wildman–Crippen MR) is 82.6 cm³/mol. The highest BCUT2D eigenvalue weighted by Gasteiger charge is 2.32. The molecule has 0 aromatic carbocycles. The summed E-state index contributed by atoms with van der Waals surface area (Å²) in [5.74, 6) is -0.273. The van der Waals surface area contributed by atoms with Crippen molar-refractivity contribution >= 4 is 22.4 Å². The Bertz CT molecular complexity index is 472. The Labute approximate surface area is 125 Å². The van der Waals surface area contributed by atoms with Gasteiger partial charge in [-0.2, -0.15) is 0 Å². The third-order valence-electron chi connectivity index (χ3n) is 4.07. The molecular formula is C15H24N2O2S. The summed E-state index contributed by atoms with van der Waals surface area (Å²) in [6.45, 7) is 6.67. The summed E-state index contributed by atoms with van der Waals surface area (Å²) in [5, 5.41) is 1.03. The van der Waals surface area contributed by atoms with Gasteiger partial charge in [0, 0.05) is 18.0 Å². The number of hydrogen-bond donors (Lipinski definition) is 0. The Morgan fingerprint density at radius 1 is 1.55 bits per heavy atom. The van der Waals surface area contributed by atoms with Crippen molar-refractivity contribution in [3.05, 3.63) is 10.6 Å². The van der Waals surface area contributed by atoms with E-state index < -0.39 is 0 Å². The van der Waals surface area contributed by atoms with Crippen LogP contribution in [-0.4, -0.2) is 30.6 Å². The number of fused-ring (bicyclic) bond motifs is 1. The maximum absolute atomic E-state index is 12.1. The SMILES string of the molecule is CCOC(=O)C1CCCc2sc(N(C)C(C)CC)nc21. The number of aromatic nitrogens is 1. The summed E-state index contributed by atoms with van der Waals surface area (Å²) >= 11 is 1.73. The predicted octanol–water partition coefficient (Wildman–Crippen LogP) is 3.36. The van der Waals surface area contributed by atoms with E-state index in [9.17, 15) is 4.79 Å². The van der Waals surface area contributed by atoms with Gasteiger partial charge in [-0.15, -0.1) is 11.3 Å². The molecule has 0 aliphatic heterocycles. The zero-order valence-electron chi connectivity index (χ0n) is 12.8. The number of rotatable bonds is 5. The number of esters is 1. The molecule has 112 valence electrons. The Kier molecular flexibility index (Phi) is 5.02. The lowest BCUT2D eigenvalue weighted by Crippen LogP contribution is -2.28. The Hall–Kier alpha value is -1.10. The molecule has 0 N–H and O–H groups in total. The number of ether oxygens (including phenoxy) is 1. The van der Waals surface area contributed by atoms with Gasteiger partial charge in [0.1, 0.15) is 5.92 Å². The summed E-state index contributed by atoms with van der Waals surface area (Å²) in [6.07, 6.45) is 4.03. The normalized spacial score (nSPS) is 19.3. The number of hydrogen-bond acceptors (Lipinski definition) is 5. The molecule has 1 aliphatic rings. The van der Waals surface area contributed by atoms with Gasteiger partial charge in [-0.25, -0.2) is 4.98 Å². The second kappa shape index (κ2) is 6.57. The second-order valence-electron chi connectivity index (χ2n) is 5.37. The summed E-state index contributed by atoms with van der Waals surface area (Å²) in [6, 6.07) is 0.462. The Balaban J connectivity index is 2.24. The van der Waals surface area contributed by atoms with Gasteiger partial charge in [-0.05, 0) is 39.5 Å². The molecule has 20 heavy (non-hydrogen) atoms. The molecule has 2 atom stereocenters. The summed E-state index contributed by atoms with van der Waals surface area (Å²) in [4.78, 5) is 20.3. The van der Waals surface area contributed by atoms with Crippen molar-refractivity contribution < 1.29 is 9.53 Å². The van der Waals surface area contributed by atoms with Crippen molar-refractivity contribution in [1.82, 2.24) is 4.98 Å². The van der Waals surface area contributed by atoms with Crippen LogP contribution in [0.2, 0.25) is 0 Å². The first-order chi connectivity index (χ1) is 9.58. The lowest BCUT2D eigenvalue weighted by atomic mass is 9.91. The first kappa shape index (κ1) is 15.3. The van der Waals surface area contributed by atoms with Crippen LogP contribution in [0.1, 0.15) is 56.5 Å². The molecular weight excluding hydrogens is 272 g/mol. The van der Waals surface area contributed by atoms with Crippen LogP contribution in [0.4, 0.5) is 5.13 Å². The highest BCUT2D eigenvalue weighted by atomic mass is 32.1. The van der Waals surface area contributed by atoms with Gasteiger partial charge >= 0.3 is 5.97 Å². The molecule has 1 aliphatic carbocycles. The number of aryl methyl sites for hydroxylation is 1. The monoisotopic (exact) mass is 296 g/mol. The van der Waals surface area contributed by atoms with Crippen molar-refractivity contribution in [2.75, 3.05) is 18.6 Å². The van der Waals surface area contributed by atoms with Crippen molar-refractivity contribution in [3.8, 4) is 0 Å². The first-order valence-corrected chi connectivity index (χ1v) is 8.29. The standard InChI is InChI=1S/C15H24N2O2S/c1-5-10(3)17(4)15-16-13-11(14(18)19-6-2)8-7-9-12(13)20-15/h10-11H,5-9H2,1-4H3. The fraction of sp³-hybridized carbons (Fsp3) is 0.733. The molecule has 0 saturated heterocycles. The summed E-state index contributed by atoms with van der Waals surface area (Å²) in [7, 11) is 2.08. The molecule has 0 spiro atoms. The minimum Gasteiger partial charge on any atom is -0.465 e. The number of nitrogens with zero attached hydrogens (tertiary/aromatic N) is 2.